The standard InChI is InChI=1S/C16H18N2O4S/c1-16-5-4-14(19)18(16)11(8-23-16)15(20)17-7-10-2-3-12-13(6-10)22-9-21-12/h2-3,6,11H,4-5,7-9H2,1H3,(H,17,20). The lowest BCUT2D eigenvalue weighted by Crippen LogP contribution is -2.49. The number of rotatable bonds is 3. The number of nitrogens with one attached hydrogen (secondary N) is 1. The fourth-order valence-corrected chi connectivity index (χ4v) is 4.80. The van der Waals surface area contributed by atoms with Crippen molar-refractivity contribution in [2.45, 2.75) is 37.2 Å². The number of benzene rings is 1. The summed E-state index contributed by atoms with van der Waals surface area (Å²) in [5.41, 5.74) is 0.948. The van der Waals surface area contributed by atoms with E-state index in [9.17, 15) is 9.59 Å². The normalized spacial score (nSPS) is 28.1. The Morgan fingerprint density at radius 3 is 3.13 bits per heavy atom. The fourth-order valence-electron chi connectivity index (χ4n) is 3.37. The van der Waals surface area contributed by atoms with Gasteiger partial charge in [-0.05, 0) is 31.0 Å². The van der Waals surface area contributed by atoms with Crippen LogP contribution in [0.15, 0.2) is 18.2 Å². The molecule has 0 bridgehead atoms. The van der Waals surface area contributed by atoms with Crippen molar-refractivity contribution in [3.63, 3.8) is 0 Å². The van der Waals surface area contributed by atoms with E-state index in [0.29, 0.717) is 24.5 Å². The van der Waals surface area contributed by atoms with Gasteiger partial charge in [-0.3, -0.25) is 9.59 Å². The lowest BCUT2D eigenvalue weighted by molar-refractivity contribution is -0.138. The summed E-state index contributed by atoms with van der Waals surface area (Å²) >= 11 is 1.70. The molecule has 2 fully saturated rings. The molecule has 1 aromatic rings. The molecule has 2 atom stereocenters. The second-order valence-corrected chi connectivity index (χ2v) is 7.67. The first-order valence-electron chi connectivity index (χ1n) is 7.69. The molecule has 2 amide bonds. The Balaban J connectivity index is 1.42. The molecule has 0 aromatic heterocycles. The van der Waals surface area contributed by atoms with Crippen LogP contribution in [-0.4, -0.2) is 40.2 Å². The lowest BCUT2D eigenvalue weighted by atomic mass is 10.2. The van der Waals surface area contributed by atoms with Crippen molar-refractivity contribution >= 4 is 23.6 Å². The summed E-state index contributed by atoms with van der Waals surface area (Å²) in [6.07, 6.45) is 1.36. The van der Waals surface area contributed by atoms with Gasteiger partial charge in [0.15, 0.2) is 11.5 Å². The van der Waals surface area contributed by atoms with E-state index in [-0.39, 0.29) is 29.5 Å². The third-order valence-electron chi connectivity index (χ3n) is 4.65. The molecule has 7 heteroatoms. The molecular formula is C16H18N2O4S. The molecule has 0 saturated carbocycles. The van der Waals surface area contributed by atoms with Crippen molar-refractivity contribution in [2.24, 2.45) is 0 Å². The number of hydrogen-bond donors (Lipinski definition) is 1. The summed E-state index contributed by atoms with van der Waals surface area (Å²) < 4.78 is 10.6. The van der Waals surface area contributed by atoms with Gasteiger partial charge in [0.1, 0.15) is 6.04 Å². The van der Waals surface area contributed by atoms with Crippen LogP contribution >= 0.6 is 11.8 Å². The third-order valence-corrected chi connectivity index (χ3v) is 6.16. The van der Waals surface area contributed by atoms with Crippen molar-refractivity contribution in [3.05, 3.63) is 23.8 Å². The fraction of sp³-hybridized carbons (Fsp3) is 0.500. The van der Waals surface area contributed by atoms with Gasteiger partial charge in [-0.25, -0.2) is 0 Å². The van der Waals surface area contributed by atoms with Crippen LogP contribution in [-0.2, 0) is 16.1 Å². The highest BCUT2D eigenvalue weighted by molar-refractivity contribution is 8.01. The zero-order valence-electron chi connectivity index (χ0n) is 12.8. The molecule has 0 aliphatic carbocycles. The van der Waals surface area contributed by atoms with Gasteiger partial charge in [-0.2, -0.15) is 0 Å². The van der Waals surface area contributed by atoms with Gasteiger partial charge in [0.2, 0.25) is 18.6 Å². The van der Waals surface area contributed by atoms with Crippen LogP contribution in [0, 0.1) is 0 Å². The topological polar surface area (TPSA) is 67.9 Å². The number of carbonyl (C=O) groups excluding carboxylic acids is 2. The van der Waals surface area contributed by atoms with E-state index in [1.54, 1.807) is 16.7 Å². The van der Waals surface area contributed by atoms with Crippen LogP contribution in [0.25, 0.3) is 0 Å². The molecule has 1 aromatic carbocycles. The summed E-state index contributed by atoms with van der Waals surface area (Å²) in [6, 6.07) is 5.25. The molecule has 2 unspecified atom stereocenters. The monoisotopic (exact) mass is 334 g/mol. The minimum absolute atomic E-state index is 0.0840. The molecule has 3 aliphatic heterocycles. The highest BCUT2D eigenvalue weighted by Gasteiger charge is 2.52. The second kappa shape index (κ2) is 5.33. The molecule has 122 valence electrons. The first-order chi connectivity index (χ1) is 11.1. The zero-order chi connectivity index (χ0) is 16.0. The first kappa shape index (κ1) is 14.7. The summed E-state index contributed by atoms with van der Waals surface area (Å²) in [7, 11) is 0. The van der Waals surface area contributed by atoms with Gasteiger partial charge in [-0.15, -0.1) is 11.8 Å². The largest absolute Gasteiger partial charge is 0.454 e. The summed E-state index contributed by atoms with van der Waals surface area (Å²) in [5.74, 6) is 2.09. The van der Waals surface area contributed by atoms with Gasteiger partial charge in [-0.1, -0.05) is 6.07 Å². The van der Waals surface area contributed by atoms with Gasteiger partial charge < -0.3 is 19.7 Å². The van der Waals surface area contributed by atoms with Crippen LogP contribution in [0.2, 0.25) is 0 Å². The van der Waals surface area contributed by atoms with E-state index >= 15 is 0 Å². The van der Waals surface area contributed by atoms with Gasteiger partial charge in [0.25, 0.3) is 0 Å². The molecule has 0 radical (unpaired) electrons. The Kier molecular flexibility index (Phi) is 3.41. The minimum atomic E-state index is -0.367. The van der Waals surface area contributed by atoms with Crippen LogP contribution in [0.4, 0.5) is 0 Å². The summed E-state index contributed by atoms with van der Waals surface area (Å²) in [5, 5.41) is 2.94. The average molecular weight is 334 g/mol. The molecule has 3 heterocycles. The smallest absolute Gasteiger partial charge is 0.243 e. The minimum Gasteiger partial charge on any atom is -0.454 e. The third kappa shape index (κ3) is 2.43. The quantitative estimate of drug-likeness (QED) is 0.907. The maximum absolute atomic E-state index is 12.5. The molecule has 1 N–H and O–H groups in total. The highest BCUT2D eigenvalue weighted by Crippen LogP contribution is 2.47. The van der Waals surface area contributed by atoms with Crippen molar-refractivity contribution in [3.8, 4) is 11.5 Å². The Labute approximate surface area is 138 Å². The maximum Gasteiger partial charge on any atom is 0.243 e. The summed E-state index contributed by atoms with van der Waals surface area (Å²) in [6.45, 7) is 2.70. The zero-order valence-corrected chi connectivity index (χ0v) is 13.6. The van der Waals surface area contributed by atoms with Crippen molar-refractivity contribution in [2.75, 3.05) is 12.5 Å². The molecule has 2 saturated heterocycles. The Hall–Kier alpha value is -1.89. The number of fused-ring (bicyclic) bond motifs is 2. The number of amides is 2. The SMILES string of the molecule is CC12CCC(=O)N1C(C(=O)NCc1ccc3c(c1)OCO3)CS2. The van der Waals surface area contributed by atoms with Crippen molar-refractivity contribution in [1.82, 2.24) is 10.2 Å². The summed E-state index contributed by atoms with van der Waals surface area (Å²) in [4.78, 5) is 26.1. The molecule has 23 heavy (non-hydrogen) atoms. The van der Waals surface area contributed by atoms with Crippen LogP contribution in [0.3, 0.4) is 0 Å². The van der Waals surface area contributed by atoms with Crippen LogP contribution in [0.5, 0.6) is 11.5 Å². The van der Waals surface area contributed by atoms with E-state index in [1.165, 1.54) is 0 Å². The Bertz CT molecular complexity index is 680. The number of thioether (sulfide) groups is 1. The van der Waals surface area contributed by atoms with Crippen LogP contribution < -0.4 is 14.8 Å². The number of ether oxygens (including phenoxy) is 2. The predicted molar refractivity (Wildman–Crippen MR) is 85.1 cm³/mol. The van der Waals surface area contributed by atoms with E-state index in [1.807, 2.05) is 25.1 Å². The molecule has 3 aliphatic rings. The lowest BCUT2D eigenvalue weighted by Gasteiger charge is -2.29. The molecule has 6 nitrogen and oxygen atoms in total. The first-order valence-corrected chi connectivity index (χ1v) is 8.68. The van der Waals surface area contributed by atoms with Crippen LogP contribution in [0.1, 0.15) is 25.3 Å². The Morgan fingerprint density at radius 2 is 2.26 bits per heavy atom. The predicted octanol–water partition coefficient (Wildman–Crippen LogP) is 1.49. The average Bonchev–Trinajstić information content (AvgIpc) is 3.20. The van der Waals surface area contributed by atoms with Gasteiger partial charge in [0.05, 0.1) is 4.87 Å². The molecular weight excluding hydrogens is 316 g/mol. The van der Waals surface area contributed by atoms with Gasteiger partial charge in [0, 0.05) is 18.7 Å². The van der Waals surface area contributed by atoms with Crippen molar-refractivity contribution in [1.29, 1.82) is 0 Å². The van der Waals surface area contributed by atoms with E-state index < -0.39 is 0 Å². The van der Waals surface area contributed by atoms with E-state index in [2.05, 4.69) is 5.32 Å². The van der Waals surface area contributed by atoms with Crippen molar-refractivity contribution < 1.29 is 19.1 Å². The number of carbonyl (C=O) groups is 2. The highest BCUT2D eigenvalue weighted by atomic mass is 32.2. The maximum atomic E-state index is 12.5. The van der Waals surface area contributed by atoms with E-state index in [4.69, 9.17) is 9.47 Å². The number of nitrogens with zero attached hydrogens (tertiary/aromatic N) is 1. The number of hydrogen-bond acceptors (Lipinski definition) is 5. The van der Waals surface area contributed by atoms with Gasteiger partial charge >= 0.3 is 0 Å². The Morgan fingerprint density at radius 1 is 1.43 bits per heavy atom. The molecule has 4 rings (SSSR count). The second-order valence-electron chi connectivity index (χ2n) is 6.17. The van der Waals surface area contributed by atoms with E-state index in [0.717, 1.165) is 17.7 Å². The molecule has 0 spiro atoms.